The molecule has 2 aromatic carbocycles. The van der Waals surface area contributed by atoms with Crippen molar-refractivity contribution in [3.63, 3.8) is 0 Å². The van der Waals surface area contributed by atoms with Gasteiger partial charge in [0, 0.05) is 57.2 Å². The number of likely N-dealkylation sites (tertiary alicyclic amines) is 1. The van der Waals surface area contributed by atoms with Crippen molar-refractivity contribution < 1.29 is 23.9 Å². The number of amides is 1. The molecule has 2 aromatic rings. The molecule has 4 rings (SSSR count). The summed E-state index contributed by atoms with van der Waals surface area (Å²) in [6, 6.07) is 18.0. The summed E-state index contributed by atoms with van der Waals surface area (Å²) in [7, 11) is 0. The molecule has 1 saturated heterocycles. The monoisotopic (exact) mass is 560 g/mol. The first kappa shape index (κ1) is 30.5. The van der Waals surface area contributed by atoms with Crippen LogP contribution in [0.25, 0.3) is 0 Å². The average Bonchev–Trinajstić information content (AvgIpc) is 2.93. The van der Waals surface area contributed by atoms with Crippen LogP contribution in [0, 0.1) is 5.92 Å². The minimum Gasteiger partial charge on any atom is -0.462 e. The molecule has 1 amide bonds. The summed E-state index contributed by atoms with van der Waals surface area (Å²) in [5.74, 6) is -0.111. The summed E-state index contributed by atoms with van der Waals surface area (Å²) in [5, 5.41) is 3.30. The molecule has 1 saturated carbocycles. The van der Waals surface area contributed by atoms with Crippen molar-refractivity contribution >= 4 is 17.8 Å². The second-order valence-corrected chi connectivity index (χ2v) is 11.6. The smallest absolute Gasteiger partial charge is 0.308 e. The summed E-state index contributed by atoms with van der Waals surface area (Å²) >= 11 is 0. The number of rotatable bonds is 12. The quantitative estimate of drug-likeness (QED) is 0.163. The van der Waals surface area contributed by atoms with Crippen molar-refractivity contribution in [2.45, 2.75) is 82.8 Å². The fourth-order valence-electron chi connectivity index (χ4n) is 6.83. The number of benzene rings is 2. The summed E-state index contributed by atoms with van der Waals surface area (Å²) in [5.41, 5.74) is 2.03. The largest absolute Gasteiger partial charge is 0.462 e. The van der Waals surface area contributed by atoms with Crippen LogP contribution in [0.3, 0.4) is 0 Å². The molecule has 0 bridgehead atoms. The van der Waals surface area contributed by atoms with Crippen molar-refractivity contribution in [3.05, 3.63) is 78.4 Å². The van der Waals surface area contributed by atoms with E-state index in [1.165, 1.54) is 19.4 Å². The minimum atomic E-state index is -0.368. The lowest BCUT2D eigenvalue weighted by atomic mass is 9.57. The number of aryl methyl sites for hydroxylation is 1. The van der Waals surface area contributed by atoms with Gasteiger partial charge >= 0.3 is 11.9 Å². The molecular formula is C34H44N2O5. The highest BCUT2D eigenvalue weighted by Gasteiger charge is 2.53. The lowest BCUT2D eigenvalue weighted by molar-refractivity contribution is -0.157. The number of carbonyl (C=O) groups excluding carboxylic acids is 3. The van der Waals surface area contributed by atoms with E-state index in [1.54, 1.807) is 6.07 Å². The third-order valence-corrected chi connectivity index (χ3v) is 8.57. The van der Waals surface area contributed by atoms with E-state index in [1.807, 2.05) is 24.3 Å². The Morgan fingerprint density at radius 1 is 1.05 bits per heavy atom. The Morgan fingerprint density at radius 2 is 1.85 bits per heavy atom. The van der Waals surface area contributed by atoms with E-state index in [2.05, 4.69) is 47.1 Å². The van der Waals surface area contributed by atoms with E-state index >= 15 is 0 Å². The van der Waals surface area contributed by atoms with Crippen molar-refractivity contribution in [2.24, 2.45) is 5.92 Å². The number of esters is 2. The zero-order chi connectivity index (χ0) is 29.2. The van der Waals surface area contributed by atoms with Crippen LogP contribution >= 0.6 is 0 Å². The molecular weight excluding hydrogens is 516 g/mol. The van der Waals surface area contributed by atoms with Gasteiger partial charge in [0.15, 0.2) is 0 Å². The van der Waals surface area contributed by atoms with E-state index < -0.39 is 0 Å². The average molecular weight is 561 g/mol. The lowest BCUT2D eigenvalue weighted by Crippen LogP contribution is -2.61. The van der Waals surface area contributed by atoms with Crippen molar-refractivity contribution in [2.75, 3.05) is 19.6 Å². The standard InChI is InChI=1S/C34H44N2O5/c1-4-19-36-20-18-34(28-15-11-16-30(21-28)40-25(2)37)23-29(22-32(31(34)24-36)41-26(3)38)35-33(39)17-10-6-9-14-27-12-7-5-8-13-27/h4-5,7-8,11-13,15-16,21,29,31-32H,1,6,9-10,14,17-20,22-24H2,2-3H3,(H,35,39). The van der Waals surface area contributed by atoms with Crippen molar-refractivity contribution in [1.29, 1.82) is 0 Å². The summed E-state index contributed by atoms with van der Waals surface area (Å²) in [6.45, 7) is 9.13. The fourth-order valence-corrected chi connectivity index (χ4v) is 6.83. The van der Waals surface area contributed by atoms with Gasteiger partial charge in [0.25, 0.3) is 0 Å². The third kappa shape index (κ3) is 8.29. The van der Waals surface area contributed by atoms with Gasteiger partial charge in [-0.1, -0.05) is 55.0 Å². The van der Waals surface area contributed by atoms with E-state index in [0.717, 1.165) is 63.7 Å². The summed E-state index contributed by atoms with van der Waals surface area (Å²) in [6.07, 6.45) is 8.10. The van der Waals surface area contributed by atoms with Crippen molar-refractivity contribution in [1.82, 2.24) is 10.2 Å². The van der Waals surface area contributed by atoms with Crippen LogP contribution in [-0.2, 0) is 31.0 Å². The first-order valence-electron chi connectivity index (χ1n) is 14.9. The van der Waals surface area contributed by atoms with Gasteiger partial charge in [-0.2, -0.15) is 0 Å². The number of hydrogen-bond acceptors (Lipinski definition) is 6. The number of hydrogen-bond donors (Lipinski definition) is 1. The summed E-state index contributed by atoms with van der Waals surface area (Å²) < 4.78 is 11.4. The topological polar surface area (TPSA) is 84.9 Å². The van der Waals surface area contributed by atoms with Crippen LogP contribution in [0.5, 0.6) is 5.75 Å². The highest BCUT2D eigenvalue weighted by atomic mass is 16.5. The molecule has 7 heteroatoms. The van der Waals surface area contributed by atoms with Gasteiger partial charge in [0.05, 0.1) is 0 Å². The Hall–Kier alpha value is -3.45. The van der Waals surface area contributed by atoms with Crippen LogP contribution in [0.2, 0.25) is 0 Å². The molecule has 7 nitrogen and oxygen atoms in total. The van der Waals surface area contributed by atoms with Crippen LogP contribution in [0.15, 0.2) is 67.3 Å². The second-order valence-electron chi connectivity index (χ2n) is 11.6. The number of unbranched alkanes of at least 4 members (excludes halogenated alkanes) is 2. The van der Waals surface area contributed by atoms with E-state index in [9.17, 15) is 14.4 Å². The van der Waals surface area contributed by atoms with Crippen LogP contribution in [-0.4, -0.2) is 54.5 Å². The Labute approximate surface area is 244 Å². The molecule has 0 aromatic heterocycles. The highest BCUT2D eigenvalue weighted by molar-refractivity contribution is 5.76. The molecule has 2 aliphatic rings. The highest BCUT2D eigenvalue weighted by Crippen LogP contribution is 2.50. The Balaban J connectivity index is 1.49. The van der Waals surface area contributed by atoms with E-state index in [0.29, 0.717) is 18.6 Å². The Kier molecular flexibility index (Phi) is 10.7. The maximum atomic E-state index is 13.1. The molecule has 1 heterocycles. The first-order chi connectivity index (χ1) is 19.8. The van der Waals surface area contributed by atoms with Gasteiger partial charge in [-0.15, -0.1) is 6.58 Å². The van der Waals surface area contributed by atoms with E-state index in [4.69, 9.17) is 9.47 Å². The predicted octanol–water partition coefficient (Wildman–Crippen LogP) is 5.37. The Bertz CT molecular complexity index is 1200. The van der Waals surface area contributed by atoms with Gasteiger partial charge in [-0.05, 0) is 61.9 Å². The van der Waals surface area contributed by atoms with E-state index in [-0.39, 0.29) is 41.3 Å². The third-order valence-electron chi connectivity index (χ3n) is 8.57. The molecule has 1 N–H and O–H groups in total. The number of fused-ring (bicyclic) bond motifs is 1. The molecule has 41 heavy (non-hydrogen) atoms. The summed E-state index contributed by atoms with van der Waals surface area (Å²) in [4.78, 5) is 39.4. The van der Waals surface area contributed by atoms with Crippen molar-refractivity contribution in [3.8, 4) is 5.75 Å². The van der Waals surface area contributed by atoms with Crippen LogP contribution < -0.4 is 10.1 Å². The SMILES string of the molecule is C=CCN1CCC2(c3cccc(OC(C)=O)c3)CC(NC(=O)CCCCCc3ccccc3)CC(OC(C)=O)C2C1. The number of nitrogens with zero attached hydrogens (tertiary/aromatic N) is 1. The fraction of sp³-hybridized carbons (Fsp3) is 0.500. The predicted molar refractivity (Wildman–Crippen MR) is 160 cm³/mol. The zero-order valence-electron chi connectivity index (χ0n) is 24.5. The number of nitrogens with one attached hydrogen (secondary N) is 1. The van der Waals surface area contributed by atoms with Gasteiger partial charge in [0.1, 0.15) is 11.9 Å². The first-order valence-corrected chi connectivity index (χ1v) is 14.9. The minimum absolute atomic E-state index is 0.0267. The number of carbonyl (C=O) groups is 3. The maximum absolute atomic E-state index is 13.1. The number of ether oxygens (including phenoxy) is 2. The van der Waals surface area contributed by atoms with Crippen LogP contribution in [0.1, 0.15) is 69.9 Å². The zero-order valence-corrected chi connectivity index (χ0v) is 24.5. The normalized spacial score (nSPS) is 24.1. The second kappa shape index (κ2) is 14.4. The molecule has 0 radical (unpaired) electrons. The molecule has 2 fully saturated rings. The molecule has 4 atom stereocenters. The molecule has 0 spiro atoms. The lowest BCUT2D eigenvalue weighted by Gasteiger charge is -2.55. The molecule has 1 aliphatic carbocycles. The van der Waals surface area contributed by atoms with Gasteiger partial charge in [-0.25, -0.2) is 0 Å². The van der Waals surface area contributed by atoms with Gasteiger partial charge in [-0.3, -0.25) is 19.3 Å². The molecule has 1 aliphatic heterocycles. The maximum Gasteiger partial charge on any atom is 0.308 e. The van der Waals surface area contributed by atoms with Gasteiger partial charge in [0.2, 0.25) is 5.91 Å². The Morgan fingerprint density at radius 3 is 2.59 bits per heavy atom. The number of piperidine rings is 1. The van der Waals surface area contributed by atoms with Gasteiger partial charge < -0.3 is 14.8 Å². The molecule has 4 unspecified atom stereocenters. The molecule has 220 valence electrons. The van der Waals surface area contributed by atoms with Crippen LogP contribution in [0.4, 0.5) is 0 Å².